The minimum atomic E-state index is -3.65. The number of nitrogens with two attached hydrogens (primary N) is 1. The lowest BCUT2D eigenvalue weighted by atomic mass is 10.1. The van der Waals surface area contributed by atoms with E-state index in [-0.39, 0.29) is 4.90 Å². The Morgan fingerprint density at radius 1 is 1.04 bits per heavy atom. The molecule has 2 aromatic carbocycles. The molecule has 0 amide bonds. The summed E-state index contributed by atoms with van der Waals surface area (Å²) >= 11 is 5.34. The summed E-state index contributed by atoms with van der Waals surface area (Å²) in [4.78, 5) is 0.117. The topological polar surface area (TPSA) is 84.2 Å². The van der Waals surface area contributed by atoms with Gasteiger partial charge < -0.3 is 10.6 Å². The predicted octanol–water partition coefficient (Wildman–Crippen LogP) is 2.79. The van der Waals surface area contributed by atoms with Gasteiger partial charge in [-0.05, 0) is 79.9 Å². The second-order valence-corrected chi connectivity index (χ2v) is 8.04. The number of primary sulfonamides is 1. The molecule has 7 heteroatoms. The monoisotopic (exact) mass is 377 g/mol. The van der Waals surface area contributed by atoms with E-state index in [2.05, 4.69) is 36.6 Å². The maximum Gasteiger partial charge on any atom is 0.238 e. The van der Waals surface area contributed by atoms with E-state index >= 15 is 0 Å². The highest BCUT2D eigenvalue weighted by molar-refractivity contribution is 7.89. The van der Waals surface area contributed by atoms with E-state index in [1.807, 2.05) is 6.92 Å². The molecule has 0 spiro atoms. The Kier molecular flexibility index (Phi) is 6.16. The number of benzene rings is 2. The number of hydrogen-bond donors (Lipinski definition) is 3. The fourth-order valence-electron chi connectivity index (χ4n) is 2.43. The van der Waals surface area contributed by atoms with E-state index in [9.17, 15) is 8.42 Å². The molecule has 0 atom stereocenters. The predicted molar refractivity (Wildman–Crippen MR) is 106 cm³/mol. The third-order valence-corrected chi connectivity index (χ3v) is 5.22. The number of nitrogens with one attached hydrogen (secondary N) is 2. The van der Waals surface area contributed by atoms with Crippen molar-refractivity contribution in [1.82, 2.24) is 5.32 Å². The van der Waals surface area contributed by atoms with Crippen molar-refractivity contribution < 1.29 is 8.42 Å². The fourth-order valence-corrected chi connectivity index (χ4v) is 3.16. The van der Waals surface area contributed by atoms with Gasteiger partial charge in [-0.2, -0.15) is 0 Å². The number of thiocarbonyl (C=S) groups is 1. The van der Waals surface area contributed by atoms with E-state index in [0.717, 1.165) is 23.2 Å². The van der Waals surface area contributed by atoms with Crippen LogP contribution in [0.4, 0.5) is 5.69 Å². The van der Waals surface area contributed by atoms with Gasteiger partial charge >= 0.3 is 0 Å². The smallest absolute Gasteiger partial charge is 0.238 e. The van der Waals surface area contributed by atoms with Gasteiger partial charge in [0.25, 0.3) is 0 Å². The molecule has 0 aliphatic carbocycles. The highest BCUT2D eigenvalue weighted by atomic mass is 32.2. The number of rotatable bonds is 5. The van der Waals surface area contributed by atoms with Gasteiger partial charge in [0, 0.05) is 12.2 Å². The molecular weight excluding hydrogens is 354 g/mol. The molecule has 0 aliphatic heterocycles. The molecule has 0 fully saturated rings. The van der Waals surface area contributed by atoms with E-state index in [1.54, 1.807) is 12.1 Å². The Labute approximate surface area is 154 Å². The summed E-state index contributed by atoms with van der Waals surface area (Å²) in [5, 5.41) is 12.0. The van der Waals surface area contributed by atoms with Crippen molar-refractivity contribution >= 4 is 33.0 Å². The first kappa shape index (κ1) is 19.4. The molecule has 0 unspecified atom stereocenters. The lowest BCUT2D eigenvalue weighted by Crippen LogP contribution is -2.30. The van der Waals surface area contributed by atoms with Gasteiger partial charge in [0.2, 0.25) is 10.0 Å². The molecule has 25 heavy (non-hydrogen) atoms. The van der Waals surface area contributed by atoms with Crippen molar-refractivity contribution in [3.05, 3.63) is 58.7 Å². The van der Waals surface area contributed by atoms with Crippen LogP contribution in [0.25, 0.3) is 0 Å². The molecule has 5 nitrogen and oxygen atoms in total. The SMILES string of the molecule is Cc1cc(C)c(NC(=S)NCCc2ccc(S(N)(=O)=O)cc2)cc1C. The van der Waals surface area contributed by atoms with Crippen molar-refractivity contribution in [3.8, 4) is 0 Å². The lowest BCUT2D eigenvalue weighted by Gasteiger charge is -2.14. The van der Waals surface area contributed by atoms with Gasteiger partial charge in [-0.25, -0.2) is 13.6 Å². The molecule has 0 aromatic heterocycles. The Balaban J connectivity index is 1.88. The maximum atomic E-state index is 11.2. The number of aryl methyl sites for hydroxylation is 3. The molecule has 0 aliphatic rings. The third kappa shape index (κ3) is 5.52. The first-order valence-corrected chi connectivity index (χ1v) is 9.87. The van der Waals surface area contributed by atoms with Gasteiger partial charge in [-0.3, -0.25) is 0 Å². The second kappa shape index (κ2) is 7.95. The van der Waals surface area contributed by atoms with Crippen LogP contribution in [0.2, 0.25) is 0 Å². The summed E-state index contributed by atoms with van der Waals surface area (Å²) in [6.07, 6.45) is 0.721. The summed E-state index contributed by atoms with van der Waals surface area (Å²) in [7, 11) is -3.65. The zero-order valence-corrected chi connectivity index (χ0v) is 16.2. The summed E-state index contributed by atoms with van der Waals surface area (Å²) < 4.78 is 22.5. The number of hydrogen-bond acceptors (Lipinski definition) is 3. The zero-order chi connectivity index (χ0) is 18.6. The largest absolute Gasteiger partial charge is 0.362 e. The van der Waals surface area contributed by atoms with Crippen molar-refractivity contribution in [2.24, 2.45) is 5.14 Å². The second-order valence-electron chi connectivity index (χ2n) is 6.07. The van der Waals surface area contributed by atoms with Crippen molar-refractivity contribution in [1.29, 1.82) is 0 Å². The standard InChI is InChI=1S/C18H23N3O2S2/c1-12-10-14(3)17(11-13(12)2)21-18(24)20-9-8-15-4-6-16(7-5-15)25(19,22)23/h4-7,10-11H,8-9H2,1-3H3,(H2,19,22,23)(H2,20,21,24). The lowest BCUT2D eigenvalue weighted by molar-refractivity contribution is 0.598. The summed E-state index contributed by atoms with van der Waals surface area (Å²) in [6.45, 7) is 6.85. The normalized spacial score (nSPS) is 11.2. The van der Waals surface area contributed by atoms with Crippen molar-refractivity contribution in [2.75, 3.05) is 11.9 Å². The minimum absolute atomic E-state index is 0.117. The van der Waals surface area contributed by atoms with Crippen LogP contribution in [0.15, 0.2) is 41.3 Å². The van der Waals surface area contributed by atoms with E-state index in [1.165, 1.54) is 23.3 Å². The van der Waals surface area contributed by atoms with Crippen LogP contribution in [-0.4, -0.2) is 20.1 Å². The summed E-state index contributed by atoms with van der Waals surface area (Å²) in [6, 6.07) is 10.8. The molecule has 0 saturated heterocycles. The Morgan fingerprint density at radius 2 is 1.64 bits per heavy atom. The van der Waals surface area contributed by atoms with Crippen LogP contribution in [0.3, 0.4) is 0 Å². The maximum absolute atomic E-state index is 11.2. The molecule has 2 aromatic rings. The van der Waals surface area contributed by atoms with Gasteiger partial charge in [-0.15, -0.1) is 0 Å². The van der Waals surface area contributed by atoms with E-state index < -0.39 is 10.0 Å². The van der Waals surface area contributed by atoms with Gasteiger partial charge in [0.1, 0.15) is 0 Å². The molecule has 4 N–H and O–H groups in total. The fraction of sp³-hybridized carbons (Fsp3) is 0.278. The third-order valence-electron chi connectivity index (χ3n) is 4.04. The van der Waals surface area contributed by atoms with Crippen LogP contribution in [0.5, 0.6) is 0 Å². The van der Waals surface area contributed by atoms with Crippen LogP contribution in [0.1, 0.15) is 22.3 Å². The molecule has 0 heterocycles. The summed E-state index contributed by atoms with van der Waals surface area (Å²) in [5.41, 5.74) is 5.62. The highest BCUT2D eigenvalue weighted by Crippen LogP contribution is 2.19. The average Bonchev–Trinajstić information content (AvgIpc) is 2.52. The van der Waals surface area contributed by atoms with E-state index in [4.69, 9.17) is 17.4 Å². The van der Waals surface area contributed by atoms with Crippen LogP contribution in [0, 0.1) is 20.8 Å². The van der Waals surface area contributed by atoms with Gasteiger partial charge in [-0.1, -0.05) is 18.2 Å². The van der Waals surface area contributed by atoms with E-state index in [0.29, 0.717) is 11.7 Å². The molecular formula is C18H23N3O2S2. The molecule has 134 valence electrons. The van der Waals surface area contributed by atoms with Gasteiger partial charge in [0.15, 0.2) is 5.11 Å². The quantitative estimate of drug-likeness (QED) is 0.698. The van der Waals surface area contributed by atoms with Gasteiger partial charge in [0.05, 0.1) is 4.90 Å². The number of sulfonamides is 1. The minimum Gasteiger partial charge on any atom is -0.362 e. The molecule has 2 rings (SSSR count). The first-order valence-electron chi connectivity index (χ1n) is 7.91. The first-order chi connectivity index (χ1) is 11.7. The Morgan fingerprint density at radius 3 is 2.24 bits per heavy atom. The molecule has 0 bridgehead atoms. The molecule has 0 saturated carbocycles. The van der Waals surface area contributed by atoms with Crippen LogP contribution in [-0.2, 0) is 16.4 Å². The molecule has 0 radical (unpaired) electrons. The highest BCUT2D eigenvalue weighted by Gasteiger charge is 2.07. The average molecular weight is 378 g/mol. The zero-order valence-electron chi connectivity index (χ0n) is 14.6. The Hall–Kier alpha value is -1.96. The van der Waals surface area contributed by atoms with Crippen LogP contribution >= 0.6 is 12.2 Å². The van der Waals surface area contributed by atoms with Crippen molar-refractivity contribution in [3.63, 3.8) is 0 Å². The number of anilines is 1. The van der Waals surface area contributed by atoms with Crippen LogP contribution < -0.4 is 15.8 Å². The Bertz CT molecular complexity index is 876. The van der Waals surface area contributed by atoms with Crippen molar-refractivity contribution in [2.45, 2.75) is 32.1 Å². The summed E-state index contributed by atoms with van der Waals surface area (Å²) in [5.74, 6) is 0.